The van der Waals surface area contributed by atoms with E-state index in [0.717, 1.165) is 27.8 Å². The zero-order valence-electron chi connectivity index (χ0n) is 21.7. The third-order valence-corrected chi connectivity index (χ3v) is 7.49. The molecule has 196 valence electrons. The first-order valence-corrected chi connectivity index (χ1v) is 13.1. The Balaban J connectivity index is 1.47. The molecule has 2 N–H and O–H groups in total. The zero-order chi connectivity index (χ0) is 27.0. The Bertz CT molecular complexity index is 1480. The number of ether oxygens (including phenoxy) is 1. The van der Waals surface area contributed by atoms with E-state index in [9.17, 15) is 14.7 Å². The van der Waals surface area contributed by atoms with E-state index >= 15 is 0 Å². The molecule has 2 heterocycles. The number of benzene rings is 3. The molecule has 0 amide bonds. The normalized spacial score (nSPS) is 15.6. The zero-order valence-corrected chi connectivity index (χ0v) is 22.5. The minimum absolute atomic E-state index is 0.0420. The topological polar surface area (TPSA) is 80.6 Å². The molecule has 0 aliphatic carbocycles. The van der Waals surface area contributed by atoms with E-state index in [0.29, 0.717) is 30.2 Å². The van der Waals surface area contributed by atoms with Crippen LogP contribution >= 0.6 is 11.6 Å². The highest BCUT2D eigenvalue weighted by atomic mass is 35.5. The average Bonchev–Trinajstić information content (AvgIpc) is 3.44. The summed E-state index contributed by atoms with van der Waals surface area (Å²) >= 11 is 6.08. The number of aromatic nitrogens is 1. The molecule has 3 aromatic carbocycles. The molecule has 0 saturated heterocycles. The first-order valence-electron chi connectivity index (χ1n) is 12.7. The van der Waals surface area contributed by atoms with E-state index in [1.54, 1.807) is 20.8 Å². The van der Waals surface area contributed by atoms with Crippen LogP contribution in [0, 0.1) is 5.41 Å². The van der Waals surface area contributed by atoms with Gasteiger partial charge in [-0.15, -0.1) is 0 Å². The van der Waals surface area contributed by atoms with Gasteiger partial charge < -0.3 is 19.7 Å². The number of halogens is 1. The Kier molecular flexibility index (Phi) is 6.93. The van der Waals surface area contributed by atoms with Gasteiger partial charge in [-0.2, -0.15) is 0 Å². The van der Waals surface area contributed by atoms with Gasteiger partial charge in [-0.1, -0.05) is 41.9 Å². The van der Waals surface area contributed by atoms with Gasteiger partial charge in [0.1, 0.15) is 5.75 Å². The van der Waals surface area contributed by atoms with Crippen LogP contribution in [-0.2, 0) is 29.0 Å². The van der Waals surface area contributed by atoms with Gasteiger partial charge in [0, 0.05) is 40.3 Å². The van der Waals surface area contributed by atoms with Gasteiger partial charge in [-0.05, 0) is 80.8 Å². The quantitative estimate of drug-likeness (QED) is 0.263. The third-order valence-electron chi connectivity index (χ3n) is 7.24. The van der Waals surface area contributed by atoms with Gasteiger partial charge in [0.2, 0.25) is 0 Å². The summed E-state index contributed by atoms with van der Waals surface area (Å²) in [7, 11) is 0. The number of carbonyl (C=O) groups is 2. The average molecular weight is 531 g/mol. The van der Waals surface area contributed by atoms with Crippen LogP contribution in [0.1, 0.15) is 37.6 Å². The molecule has 1 aliphatic rings. The molecule has 6 nitrogen and oxygen atoms in total. The fourth-order valence-corrected chi connectivity index (χ4v) is 5.24. The number of nitrogens with zero attached hydrogens (tertiary/aromatic N) is 1. The molecule has 0 spiro atoms. The number of carbonyl (C=O) groups excluding carboxylic acids is 1. The van der Waals surface area contributed by atoms with E-state index in [1.807, 2.05) is 66.7 Å². The molecular weight excluding hydrogens is 500 g/mol. The Morgan fingerprint density at radius 1 is 1.11 bits per heavy atom. The number of anilines is 1. The van der Waals surface area contributed by atoms with Gasteiger partial charge >= 0.3 is 5.97 Å². The third kappa shape index (κ3) is 5.27. The highest BCUT2D eigenvalue weighted by Gasteiger charge is 2.33. The minimum Gasteiger partial charge on any atom is -0.481 e. The number of hydrogen-bond acceptors (Lipinski definition) is 4. The molecule has 0 fully saturated rings. The number of aliphatic carboxylic acids is 1. The molecule has 0 bridgehead atoms. The van der Waals surface area contributed by atoms with Crippen LogP contribution in [-0.4, -0.2) is 33.6 Å². The van der Waals surface area contributed by atoms with Crippen molar-refractivity contribution < 1.29 is 19.4 Å². The number of ketones is 1. The summed E-state index contributed by atoms with van der Waals surface area (Å²) in [6.45, 7) is 5.60. The number of rotatable bonds is 9. The lowest BCUT2D eigenvalue weighted by atomic mass is 9.88. The van der Waals surface area contributed by atoms with Crippen molar-refractivity contribution in [1.82, 2.24) is 4.57 Å². The molecule has 5 rings (SSSR count). The fraction of sp³-hybridized carbons (Fsp3) is 0.290. The summed E-state index contributed by atoms with van der Waals surface area (Å²) in [5.74, 6) is -0.290. The molecule has 0 radical (unpaired) electrons. The first-order chi connectivity index (χ1) is 18.1. The molecular formula is C31H31ClN2O4. The standard InChI is InChI=1S/C31H31ClN2O4/c1-19(35)29(27-16-21-6-4-5-7-26(21)33-27)38-25-12-13-28-22(15-25)14-24(17-31(2,3)30(36)37)34(28)18-20-8-10-23(32)11-9-20/h4-15,27,29,33H,16-18H2,1-3H3,(H,36,37)/t27?,29-/m1/s1. The number of fused-ring (bicyclic) bond motifs is 2. The number of para-hydroxylation sites is 1. The number of Topliss-reactive ketones (excluding diaryl/α,β-unsaturated/α-hetero) is 1. The van der Waals surface area contributed by atoms with E-state index in [4.69, 9.17) is 16.3 Å². The van der Waals surface area contributed by atoms with Crippen LogP contribution in [0.3, 0.4) is 0 Å². The molecule has 4 aromatic rings. The summed E-state index contributed by atoms with van der Waals surface area (Å²) in [4.78, 5) is 24.5. The van der Waals surface area contributed by atoms with Gasteiger partial charge in [-0.3, -0.25) is 9.59 Å². The SMILES string of the molecule is CC(=O)[C@@H](Oc1ccc2c(c1)cc(CC(C)(C)C(=O)O)n2Cc1ccc(Cl)cc1)C1Cc2ccccc2N1. The van der Waals surface area contributed by atoms with E-state index in [-0.39, 0.29) is 11.8 Å². The summed E-state index contributed by atoms with van der Waals surface area (Å²) in [6.07, 6.45) is 0.441. The van der Waals surface area contributed by atoms with Crippen molar-refractivity contribution in [2.24, 2.45) is 5.41 Å². The summed E-state index contributed by atoms with van der Waals surface area (Å²) in [5, 5.41) is 14.8. The van der Waals surface area contributed by atoms with Crippen LogP contribution in [0.15, 0.2) is 72.8 Å². The van der Waals surface area contributed by atoms with Crippen LogP contribution in [0.4, 0.5) is 5.69 Å². The van der Waals surface area contributed by atoms with Crippen LogP contribution in [0.25, 0.3) is 10.9 Å². The van der Waals surface area contributed by atoms with Crippen LogP contribution in [0.5, 0.6) is 5.75 Å². The van der Waals surface area contributed by atoms with Gasteiger partial charge in [0.25, 0.3) is 0 Å². The van der Waals surface area contributed by atoms with Crippen molar-refractivity contribution in [3.05, 3.63) is 94.6 Å². The predicted molar refractivity (Wildman–Crippen MR) is 150 cm³/mol. The van der Waals surface area contributed by atoms with Gasteiger partial charge in [0.05, 0.1) is 11.5 Å². The fourth-order valence-electron chi connectivity index (χ4n) is 5.12. The number of hydrogen-bond donors (Lipinski definition) is 2. The monoisotopic (exact) mass is 530 g/mol. The molecule has 1 aliphatic heterocycles. The lowest BCUT2D eigenvalue weighted by Crippen LogP contribution is -2.41. The van der Waals surface area contributed by atoms with Crippen LogP contribution < -0.4 is 10.1 Å². The summed E-state index contributed by atoms with van der Waals surface area (Å²) in [6, 6.07) is 23.4. The van der Waals surface area contributed by atoms with Crippen molar-refractivity contribution >= 4 is 39.9 Å². The van der Waals surface area contributed by atoms with Crippen LogP contribution in [0.2, 0.25) is 5.02 Å². The summed E-state index contributed by atoms with van der Waals surface area (Å²) < 4.78 is 8.43. The van der Waals surface area contributed by atoms with Crippen molar-refractivity contribution in [2.45, 2.75) is 52.3 Å². The summed E-state index contributed by atoms with van der Waals surface area (Å²) in [5.41, 5.74) is 4.21. The van der Waals surface area contributed by atoms with Gasteiger partial charge in [-0.25, -0.2) is 0 Å². The largest absolute Gasteiger partial charge is 0.481 e. The van der Waals surface area contributed by atoms with Gasteiger partial charge in [0.15, 0.2) is 11.9 Å². The molecule has 7 heteroatoms. The van der Waals surface area contributed by atoms with E-state index in [1.165, 1.54) is 5.56 Å². The maximum Gasteiger partial charge on any atom is 0.309 e. The maximum atomic E-state index is 12.6. The van der Waals surface area contributed by atoms with E-state index < -0.39 is 17.5 Å². The predicted octanol–water partition coefficient (Wildman–Crippen LogP) is 6.37. The lowest BCUT2D eigenvalue weighted by molar-refractivity contribution is -0.146. The highest BCUT2D eigenvalue weighted by Crippen LogP contribution is 2.32. The maximum absolute atomic E-state index is 12.6. The Labute approximate surface area is 227 Å². The number of carboxylic acid groups (broad SMARTS) is 1. The Hall–Kier alpha value is -3.77. The number of carboxylic acids is 1. The molecule has 38 heavy (non-hydrogen) atoms. The second kappa shape index (κ2) is 10.2. The molecule has 2 atom stereocenters. The van der Waals surface area contributed by atoms with Crippen molar-refractivity contribution in [2.75, 3.05) is 5.32 Å². The van der Waals surface area contributed by atoms with Crippen molar-refractivity contribution in [3.8, 4) is 5.75 Å². The molecule has 1 unspecified atom stereocenters. The first kappa shape index (κ1) is 25.9. The Morgan fingerprint density at radius 3 is 2.53 bits per heavy atom. The second-order valence-electron chi connectivity index (χ2n) is 10.7. The molecule has 1 aromatic heterocycles. The number of nitrogens with one attached hydrogen (secondary N) is 1. The second-order valence-corrected chi connectivity index (χ2v) is 11.1. The molecule has 0 saturated carbocycles. The highest BCUT2D eigenvalue weighted by molar-refractivity contribution is 6.30. The Morgan fingerprint density at radius 2 is 1.84 bits per heavy atom. The van der Waals surface area contributed by atoms with Crippen molar-refractivity contribution in [3.63, 3.8) is 0 Å². The van der Waals surface area contributed by atoms with E-state index in [2.05, 4.69) is 16.0 Å². The smallest absolute Gasteiger partial charge is 0.309 e. The van der Waals surface area contributed by atoms with Crippen molar-refractivity contribution in [1.29, 1.82) is 0 Å². The lowest BCUT2D eigenvalue weighted by Gasteiger charge is -2.23. The minimum atomic E-state index is -0.936.